The van der Waals surface area contributed by atoms with E-state index >= 15 is 0 Å². The number of rotatable bonds is 10. The molecule has 25 heavy (non-hydrogen) atoms. The first kappa shape index (κ1) is 20.6. The lowest BCUT2D eigenvalue weighted by Crippen LogP contribution is -2.21. The molecule has 1 nitrogen and oxygen atoms in total. The maximum absolute atomic E-state index is 5.89. The van der Waals surface area contributed by atoms with Gasteiger partial charge in [0.05, 0.1) is 12.4 Å². The predicted octanol–water partition coefficient (Wildman–Crippen LogP) is 7.82. The molecule has 2 aliphatic carbocycles. The van der Waals surface area contributed by atoms with Gasteiger partial charge in [0.1, 0.15) is 0 Å². The van der Waals surface area contributed by atoms with Gasteiger partial charge in [-0.25, -0.2) is 0 Å². The normalized spacial score (nSPS) is 31.0. The minimum absolute atomic E-state index is 0.495. The quantitative estimate of drug-likeness (QED) is 0.289. The van der Waals surface area contributed by atoms with Crippen LogP contribution < -0.4 is 0 Å². The van der Waals surface area contributed by atoms with E-state index in [9.17, 15) is 0 Å². The predicted molar refractivity (Wildman–Crippen MR) is 110 cm³/mol. The highest BCUT2D eigenvalue weighted by Crippen LogP contribution is 2.36. The van der Waals surface area contributed by atoms with E-state index in [-0.39, 0.29) is 0 Å². The molecule has 0 saturated heterocycles. The Morgan fingerprint density at radius 2 is 1.28 bits per heavy atom. The summed E-state index contributed by atoms with van der Waals surface area (Å²) in [5, 5.41) is 0. The molecular formula is C24H42O. The van der Waals surface area contributed by atoms with Gasteiger partial charge in [0.15, 0.2) is 0 Å². The van der Waals surface area contributed by atoms with E-state index in [4.69, 9.17) is 4.74 Å². The lowest BCUT2D eigenvalue weighted by molar-refractivity contribution is 0.0838. The van der Waals surface area contributed by atoms with Crippen molar-refractivity contribution in [1.82, 2.24) is 0 Å². The van der Waals surface area contributed by atoms with E-state index in [1.807, 2.05) is 6.26 Å². The van der Waals surface area contributed by atoms with Gasteiger partial charge in [-0.05, 0) is 88.0 Å². The van der Waals surface area contributed by atoms with Gasteiger partial charge in [-0.15, -0.1) is 0 Å². The molecule has 2 aliphatic rings. The molecule has 0 radical (unpaired) electrons. The average Bonchev–Trinajstić information content (AvgIpc) is 2.66. The van der Waals surface area contributed by atoms with E-state index in [0.29, 0.717) is 6.10 Å². The van der Waals surface area contributed by atoms with Crippen LogP contribution in [0.5, 0.6) is 0 Å². The van der Waals surface area contributed by atoms with Crippen molar-refractivity contribution in [2.24, 2.45) is 17.8 Å². The summed E-state index contributed by atoms with van der Waals surface area (Å²) in [6.07, 6.45) is 28.6. The van der Waals surface area contributed by atoms with Gasteiger partial charge >= 0.3 is 0 Å². The molecular weight excluding hydrogens is 304 g/mol. The van der Waals surface area contributed by atoms with Crippen molar-refractivity contribution in [2.75, 3.05) is 0 Å². The third-order valence-electron chi connectivity index (χ3n) is 6.35. The van der Waals surface area contributed by atoms with Crippen molar-refractivity contribution in [3.63, 3.8) is 0 Å². The highest BCUT2D eigenvalue weighted by Gasteiger charge is 2.24. The second kappa shape index (κ2) is 12.6. The van der Waals surface area contributed by atoms with E-state index in [1.165, 1.54) is 83.5 Å². The number of hydrogen-bond donors (Lipinski definition) is 0. The zero-order valence-electron chi connectivity index (χ0n) is 16.9. The standard InChI is InChI=1S/C24H42O/c1-3-5-7-9-21-10-12-22(13-11-21)14-15-23-16-18-24(19-17-23)25-20-8-6-4-2/h7-9,20-24H,3-6,10-19H2,1-2H3. The third kappa shape index (κ3) is 8.47. The second-order valence-corrected chi connectivity index (χ2v) is 8.51. The molecule has 0 spiro atoms. The van der Waals surface area contributed by atoms with Crippen LogP contribution in [0.15, 0.2) is 24.5 Å². The summed E-state index contributed by atoms with van der Waals surface area (Å²) in [5.41, 5.74) is 0. The smallest absolute Gasteiger partial charge is 0.0978 e. The Hall–Kier alpha value is -0.720. The second-order valence-electron chi connectivity index (χ2n) is 8.51. The molecule has 0 aromatic carbocycles. The highest BCUT2D eigenvalue weighted by atomic mass is 16.5. The number of hydrogen-bond acceptors (Lipinski definition) is 1. The summed E-state index contributed by atoms with van der Waals surface area (Å²) < 4.78 is 5.89. The van der Waals surface area contributed by atoms with E-state index in [2.05, 4.69) is 32.1 Å². The summed E-state index contributed by atoms with van der Waals surface area (Å²) in [6, 6.07) is 0. The van der Waals surface area contributed by atoms with Crippen LogP contribution in [0.2, 0.25) is 0 Å². The first-order valence-electron chi connectivity index (χ1n) is 11.3. The van der Waals surface area contributed by atoms with Crippen molar-refractivity contribution in [2.45, 2.75) is 110 Å². The fraction of sp³-hybridized carbons (Fsp3) is 0.833. The zero-order chi connectivity index (χ0) is 17.7. The first-order chi connectivity index (χ1) is 12.3. The van der Waals surface area contributed by atoms with Crippen molar-refractivity contribution in [3.8, 4) is 0 Å². The summed E-state index contributed by atoms with van der Waals surface area (Å²) in [6.45, 7) is 4.48. The fourth-order valence-electron chi connectivity index (χ4n) is 4.55. The van der Waals surface area contributed by atoms with E-state index in [0.717, 1.165) is 24.2 Å². The van der Waals surface area contributed by atoms with Crippen LogP contribution in [0.3, 0.4) is 0 Å². The van der Waals surface area contributed by atoms with Crippen LogP contribution in [0.1, 0.15) is 104 Å². The molecule has 2 rings (SSSR count). The van der Waals surface area contributed by atoms with Crippen LogP contribution in [0, 0.1) is 17.8 Å². The Kier molecular flexibility index (Phi) is 10.4. The SMILES string of the molecule is CCCC=COC1CCC(CCC2CCC(C=CCCC)CC2)CC1. The zero-order valence-corrected chi connectivity index (χ0v) is 16.9. The van der Waals surface area contributed by atoms with E-state index < -0.39 is 0 Å². The molecule has 1 heteroatoms. The van der Waals surface area contributed by atoms with Crippen LogP contribution in [-0.4, -0.2) is 6.10 Å². The maximum Gasteiger partial charge on any atom is 0.0978 e. The maximum atomic E-state index is 5.89. The minimum atomic E-state index is 0.495. The lowest BCUT2D eigenvalue weighted by atomic mass is 9.77. The Bertz CT molecular complexity index is 368. The number of unbranched alkanes of at least 4 members (excludes halogenated alkanes) is 2. The summed E-state index contributed by atoms with van der Waals surface area (Å²) in [4.78, 5) is 0. The Morgan fingerprint density at radius 1 is 0.720 bits per heavy atom. The molecule has 0 heterocycles. The topological polar surface area (TPSA) is 9.23 Å². The molecule has 0 aliphatic heterocycles. The monoisotopic (exact) mass is 346 g/mol. The van der Waals surface area contributed by atoms with Crippen LogP contribution in [0.4, 0.5) is 0 Å². The van der Waals surface area contributed by atoms with E-state index in [1.54, 1.807) is 0 Å². The van der Waals surface area contributed by atoms with Crippen molar-refractivity contribution in [1.29, 1.82) is 0 Å². The first-order valence-corrected chi connectivity index (χ1v) is 11.3. The van der Waals surface area contributed by atoms with Gasteiger partial charge in [0.25, 0.3) is 0 Å². The van der Waals surface area contributed by atoms with Gasteiger partial charge in [-0.3, -0.25) is 0 Å². The average molecular weight is 347 g/mol. The largest absolute Gasteiger partial charge is 0.498 e. The lowest BCUT2D eigenvalue weighted by Gasteiger charge is -2.31. The molecule has 0 aromatic heterocycles. The molecule has 0 bridgehead atoms. The minimum Gasteiger partial charge on any atom is -0.498 e. The van der Waals surface area contributed by atoms with Gasteiger partial charge in [-0.1, -0.05) is 51.7 Å². The Morgan fingerprint density at radius 3 is 1.88 bits per heavy atom. The molecule has 0 aromatic rings. The molecule has 2 fully saturated rings. The molecule has 0 atom stereocenters. The molecule has 144 valence electrons. The molecule has 0 N–H and O–H groups in total. The third-order valence-corrected chi connectivity index (χ3v) is 6.35. The van der Waals surface area contributed by atoms with Gasteiger partial charge in [0.2, 0.25) is 0 Å². The molecule has 2 saturated carbocycles. The fourth-order valence-corrected chi connectivity index (χ4v) is 4.55. The van der Waals surface area contributed by atoms with Crippen LogP contribution >= 0.6 is 0 Å². The Labute approximate surface area is 157 Å². The summed E-state index contributed by atoms with van der Waals surface area (Å²) in [5.74, 6) is 2.87. The number of ether oxygens (including phenoxy) is 1. The molecule has 0 unspecified atom stereocenters. The van der Waals surface area contributed by atoms with Crippen LogP contribution in [-0.2, 0) is 4.74 Å². The van der Waals surface area contributed by atoms with Crippen LogP contribution in [0.25, 0.3) is 0 Å². The van der Waals surface area contributed by atoms with Gasteiger partial charge < -0.3 is 4.74 Å². The van der Waals surface area contributed by atoms with Crippen molar-refractivity contribution >= 4 is 0 Å². The van der Waals surface area contributed by atoms with Crippen molar-refractivity contribution < 1.29 is 4.74 Å². The van der Waals surface area contributed by atoms with Gasteiger partial charge in [0, 0.05) is 0 Å². The van der Waals surface area contributed by atoms with Crippen molar-refractivity contribution in [3.05, 3.63) is 24.5 Å². The molecule has 0 amide bonds. The highest BCUT2D eigenvalue weighted by molar-refractivity contribution is 4.91. The van der Waals surface area contributed by atoms with Gasteiger partial charge in [-0.2, -0.15) is 0 Å². The number of allylic oxidation sites excluding steroid dienone is 3. The summed E-state index contributed by atoms with van der Waals surface area (Å²) in [7, 11) is 0. The Balaban J connectivity index is 1.53. The summed E-state index contributed by atoms with van der Waals surface area (Å²) >= 11 is 0.